The van der Waals surface area contributed by atoms with E-state index in [4.69, 9.17) is 21.4 Å². The average molecular weight is 306 g/mol. The van der Waals surface area contributed by atoms with Gasteiger partial charge in [-0.3, -0.25) is 0 Å². The standard InChI is InChI=1S/C12H16ClNO4S/c1-18-9-12(8-15)14-19(16,17)7-6-10-2-4-11(13)5-3-10/h2-7,12,14-15H,8-9H2,1H3/b7-6+. The van der Waals surface area contributed by atoms with Crippen LogP contribution in [0.3, 0.4) is 0 Å². The summed E-state index contributed by atoms with van der Waals surface area (Å²) in [5.74, 6) is 0. The highest BCUT2D eigenvalue weighted by molar-refractivity contribution is 7.92. The number of benzene rings is 1. The van der Waals surface area contributed by atoms with E-state index in [-0.39, 0.29) is 13.2 Å². The van der Waals surface area contributed by atoms with Gasteiger partial charge < -0.3 is 9.84 Å². The molecule has 19 heavy (non-hydrogen) atoms. The van der Waals surface area contributed by atoms with Gasteiger partial charge >= 0.3 is 0 Å². The Morgan fingerprint density at radius 2 is 2.05 bits per heavy atom. The molecule has 0 fully saturated rings. The maximum absolute atomic E-state index is 11.7. The Morgan fingerprint density at radius 3 is 2.58 bits per heavy atom. The highest BCUT2D eigenvalue weighted by Gasteiger charge is 2.14. The van der Waals surface area contributed by atoms with Crippen molar-refractivity contribution in [3.8, 4) is 0 Å². The van der Waals surface area contributed by atoms with Gasteiger partial charge in [-0.1, -0.05) is 23.7 Å². The first-order valence-electron chi connectivity index (χ1n) is 5.52. The molecule has 0 aliphatic heterocycles. The van der Waals surface area contributed by atoms with Crippen LogP contribution in [0.15, 0.2) is 29.7 Å². The Hall–Kier alpha value is -0.920. The zero-order chi connectivity index (χ0) is 14.3. The van der Waals surface area contributed by atoms with Gasteiger partial charge in [0.05, 0.1) is 19.3 Å². The van der Waals surface area contributed by atoms with Crippen molar-refractivity contribution < 1.29 is 18.3 Å². The molecule has 0 bridgehead atoms. The number of nitrogens with one attached hydrogen (secondary N) is 1. The third kappa shape index (κ3) is 6.17. The van der Waals surface area contributed by atoms with E-state index in [1.54, 1.807) is 24.3 Å². The lowest BCUT2D eigenvalue weighted by atomic mass is 10.2. The predicted octanol–water partition coefficient (Wildman–Crippen LogP) is 1.24. The molecule has 5 nitrogen and oxygen atoms in total. The quantitative estimate of drug-likeness (QED) is 0.794. The van der Waals surface area contributed by atoms with Crippen molar-refractivity contribution in [2.24, 2.45) is 0 Å². The lowest BCUT2D eigenvalue weighted by molar-refractivity contribution is 0.139. The molecular formula is C12H16ClNO4S. The van der Waals surface area contributed by atoms with Gasteiger partial charge in [-0.25, -0.2) is 13.1 Å². The molecule has 106 valence electrons. The molecule has 1 rings (SSSR count). The van der Waals surface area contributed by atoms with Crippen molar-refractivity contribution in [2.45, 2.75) is 6.04 Å². The summed E-state index contributed by atoms with van der Waals surface area (Å²) in [6.45, 7) is -0.230. The SMILES string of the molecule is COCC(CO)NS(=O)(=O)/C=C/c1ccc(Cl)cc1. The molecule has 0 saturated carbocycles. The number of ether oxygens (including phenoxy) is 1. The average Bonchev–Trinajstić information content (AvgIpc) is 2.37. The highest BCUT2D eigenvalue weighted by Crippen LogP contribution is 2.11. The fourth-order valence-electron chi connectivity index (χ4n) is 1.34. The lowest BCUT2D eigenvalue weighted by Crippen LogP contribution is -2.39. The van der Waals surface area contributed by atoms with Crippen LogP contribution < -0.4 is 4.72 Å². The molecule has 1 atom stereocenters. The van der Waals surface area contributed by atoms with Crippen molar-refractivity contribution in [3.05, 3.63) is 40.3 Å². The normalized spacial score (nSPS) is 13.8. The van der Waals surface area contributed by atoms with Crippen LogP contribution in [0.4, 0.5) is 0 Å². The van der Waals surface area contributed by atoms with Crippen LogP contribution in [0.25, 0.3) is 6.08 Å². The fourth-order valence-corrected chi connectivity index (χ4v) is 2.49. The zero-order valence-corrected chi connectivity index (χ0v) is 12.0. The van der Waals surface area contributed by atoms with Crippen LogP contribution in [0, 0.1) is 0 Å². The molecule has 0 radical (unpaired) electrons. The maximum atomic E-state index is 11.7. The number of hydrogen-bond donors (Lipinski definition) is 2. The van der Waals surface area contributed by atoms with Crippen molar-refractivity contribution in [1.29, 1.82) is 0 Å². The third-order valence-corrected chi connectivity index (χ3v) is 3.64. The van der Waals surface area contributed by atoms with Crippen molar-refractivity contribution in [2.75, 3.05) is 20.3 Å². The lowest BCUT2D eigenvalue weighted by Gasteiger charge is -2.13. The number of aliphatic hydroxyl groups excluding tert-OH is 1. The number of hydrogen-bond acceptors (Lipinski definition) is 4. The van der Waals surface area contributed by atoms with E-state index < -0.39 is 16.1 Å². The van der Waals surface area contributed by atoms with Gasteiger partial charge in [-0.2, -0.15) is 0 Å². The fraction of sp³-hybridized carbons (Fsp3) is 0.333. The molecule has 0 aliphatic rings. The van der Waals surface area contributed by atoms with Crippen molar-refractivity contribution in [3.63, 3.8) is 0 Å². The van der Waals surface area contributed by atoms with Gasteiger partial charge in [0.1, 0.15) is 0 Å². The van der Waals surface area contributed by atoms with Crippen LogP contribution in [0.2, 0.25) is 5.02 Å². The van der Waals surface area contributed by atoms with E-state index in [2.05, 4.69) is 4.72 Å². The van der Waals surface area contributed by atoms with Crippen LogP contribution in [0.5, 0.6) is 0 Å². The molecule has 0 aliphatic carbocycles. The summed E-state index contributed by atoms with van der Waals surface area (Å²) in [4.78, 5) is 0. The Morgan fingerprint density at radius 1 is 1.42 bits per heavy atom. The Labute approximate surface area is 117 Å². The van der Waals surface area contributed by atoms with Crippen LogP contribution in [-0.2, 0) is 14.8 Å². The molecule has 0 saturated heterocycles. The first-order chi connectivity index (χ1) is 8.96. The number of sulfonamides is 1. The minimum absolute atomic E-state index is 0.102. The number of methoxy groups -OCH3 is 1. The number of halogens is 1. The van der Waals surface area contributed by atoms with E-state index in [1.807, 2.05) is 0 Å². The second-order valence-electron chi connectivity index (χ2n) is 3.85. The summed E-state index contributed by atoms with van der Waals surface area (Å²) < 4.78 is 30.5. The van der Waals surface area contributed by atoms with Gasteiger partial charge in [0, 0.05) is 17.5 Å². The van der Waals surface area contributed by atoms with Crippen LogP contribution in [0.1, 0.15) is 5.56 Å². The van der Waals surface area contributed by atoms with Gasteiger partial charge in [0.2, 0.25) is 10.0 Å². The van der Waals surface area contributed by atoms with Gasteiger partial charge in [0.25, 0.3) is 0 Å². The summed E-state index contributed by atoms with van der Waals surface area (Å²) in [6, 6.07) is 6.08. The summed E-state index contributed by atoms with van der Waals surface area (Å²) in [6.07, 6.45) is 1.44. The third-order valence-electron chi connectivity index (χ3n) is 2.23. The smallest absolute Gasteiger partial charge is 0.234 e. The topological polar surface area (TPSA) is 75.6 Å². The number of rotatable bonds is 7. The van der Waals surface area contributed by atoms with Gasteiger partial charge in [-0.15, -0.1) is 0 Å². The van der Waals surface area contributed by atoms with Gasteiger partial charge in [-0.05, 0) is 23.8 Å². The molecule has 1 aromatic rings. The van der Waals surface area contributed by atoms with Crippen LogP contribution >= 0.6 is 11.6 Å². The van der Waals surface area contributed by atoms with Crippen molar-refractivity contribution >= 4 is 27.7 Å². The van der Waals surface area contributed by atoms with E-state index in [1.165, 1.54) is 13.2 Å². The largest absolute Gasteiger partial charge is 0.395 e. The molecule has 1 aromatic carbocycles. The second kappa shape index (κ2) is 7.62. The Bertz CT molecular complexity index is 513. The summed E-state index contributed by atoms with van der Waals surface area (Å²) in [7, 11) is -2.20. The van der Waals surface area contributed by atoms with Crippen molar-refractivity contribution in [1.82, 2.24) is 4.72 Å². The van der Waals surface area contributed by atoms with E-state index >= 15 is 0 Å². The molecule has 0 spiro atoms. The zero-order valence-electron chi connectivity index (χ0n) is 10.4. The summed E-state index contributed by atoms with van der Waals surface area (Å²) in [5, 5.41) is 10.6. The highest BCUT2D eigenvalue weighted by atomic mass is 35.5. The second-order valence-corrected chi connectivity index (χ2v) is 5.89. The molecule has 0 heterocycles. The Kier molecular flexibility index (Phi) is 6.47. The van der Waals surface area contributed by atoms with E-state index in [9.17, 15) is 8.42 Å². The minimum Gasteiger partial charge on any atom is -0.395 e. The number of aliphatic hydroxyl groups is 1. The van der Waals surface area contributed by atoms with E-state index in [0.29, 0.717) is 10.6 Å². The van der Waals surface area contributed by atoms with Crippen LogP contribution in [-0.4, -0.2) is 39.9 Å². The predicted molar refractivity (Wildman–Crippen MR) is 75.3 cm³/mol. The maximum Gasteiger partial charge on any atom is 0.234 e. The molecule has 0 amide bonds. The molecule has 2 N–H and O–H groups in total. The summed E-state index contributed by atoms with van der Waals surface area (Å²) in [5.41, 5.74) is 0.710. The summed E-state index contributed by atoms with van der Waals surface area (Å²) >= 11 is 5.73. The van der Waals surface area contributed by atoms with Gasteiger partial charge in [0.15, 0.2) is 0 Å². The monoisotopic (exact) mass is 305 g/mol. The first kappa shape index (κ1) is 16.1. The molecule has 1 unspecified atom stereocenters. The molecule has 0 aromatic heterocycles. The molecule has 7 heteroatoms. The first-order valence-corrected chi connectivity index (χ1v) is 7.45. The molecular weight excluding hydrogens is 290 g/mol. The Balaban J connectivity index is 2.70. The minimum atomic E-state index is -3.63. The van der Waals surface area contributed by atoms with E-state index in [0.717, 1.165) is 5.41 Å².